The van der Waals surface area contributed by atoms with Gasteiger partial charge in [-0.05, 0) is 37.6 Å². The predicted molar refractivity (Wildman–Crippen MR) is 93.8 cm³/mol. The third kappa shape index (κ3) is 4.91. The van der Waals surface area contributed by atoms with E-state index in [0.29, 0.717) is 17.7 Å². The highest BCUT2D eigenvalue weighted by Crippen LogP contribution is 2.25. The molecule has 0 heterocycles. The van der Waals surface area contributed by atoms with E-state index in [9.17, 15) is 0 Å². The van der Waals surface area contributed by atoms with Crippen molar-refractivity contribution >= 4 is 23.2 Å². The van der Waals surface area contributed by atoms with E-state index in [1.165, 1.54) is 0 Å². The molecule has 0 amide bonds. The Labute approximate surface area is 142 Å². The van der Waals surface area contributed by atoms with Gasteiger partial charge in [0.05, 0.1) is 0 Å². The van der Waals surface area contributed by atoms with Crippen molar-refractivity contribution in [2.75, 3.05) is 0 Å². The summed E-state index contributed by atoms with van der Waals surface area (Å²) < 4.78 is 5.94. The van der Waals surface area contributed by atoms with Crippen LogP contribution in [0, 0.1) is 0 Å². The zero-order valence-electron chi connectivity index (χ0n) is 12.9. The second-order valence-corrected chi connectivity index (χ2v) is 6.17. The maximum atomic E-state index is 6.16. The van der Waals surface area contributed by atoms with Crippen LogP contribution in [0.4, 0.5) is 0 Å². The molecule has 0 saturated heterocycles. The monoisotopic (exact) mass is 337 g/mol. The van der Waals surface area contributed by atoms with Gasteiger partial charge in [0.25, 0.3) is 0 Å². The molecule has 2 aromatic rings. The van der Waals surface area contributed by atoms with Crippen LogP contribution in [0.3, 0.4) is 0 Å². The number of benzene rings is 2. The van der Waals surface area contributed by atoms with E-state index < -0.39 is 0 Å². The largest absolute Gasteiger partial charge is 0.489 e. The van der Waals surface area contributed by atoms with Crippen LogP contribution >= 0.6 is 23.2 Å². The van der Waals surface area contributed by atoms with E-state index in [1.807, 2.05) is 42.5 Å². The summed E-state index contributed by atoms with van der Waals surface area (Å²) in [6.45, 7) is 5.49. The summed E-state index contributed by atoms with van der Waals surface area (Å²) in [5, 5.41) is 4.89. The molecule has 0 saturated carbocycles. The molecular formula is C18H21Cl2NO. The van der Waals surface area contributed by atoms with E-state index >= 15 is 0 Å². The minimum absolute atomic E-state index is 0.442. The number of hydrogen-bond acceptors (Lipinski definition) is 2. The third-order valence-corrected chi connectivity index (χ3v) is 4.22. The number of hydrogen-bond donors (Lipinski definition) is 1. The molecule has 0 bridgehead atoms. The van der Waals surface area contributed by atoms with Gasteiger partial charge in [-0.25, -0.2) is 0 Å². The van der Waals surface area contributed by atoms with E-state index in [1.54, 1.807) is 0 Å². The average molecular weight is 338 g/mol. The Hall–Kier alpha value is -1.22. The van der Waals surface area contributed by atoms with Crippen molar-refractivity contribution < 1.29 is 4.74 Å². The van der Waals surface area contributed by atoms with Crippen molar-refractivity contribution in [1.29, 1.82) is 0 Å². The number of rotatable bonds is 7. The molecule has 0 aliphatic heterocycles. The Balaban J connectivity index is 2.08. The van der Waals surface area contributed by atoms with Gasteiger partial charge < -0.3 is 10.1 Å². The smallest absolute Gasteiger partial charge is 0.124 e. The summed E-state index contributed by atoms with van der Waals surface area (Å²) in [7, 11) is 0. The van der Waals surface area contributed by atoms with Gasteiger partial charge in [-0.2, -0.15) is 0 Å². The van der Waals surface area contributed by atoms with Crippen LogP contribution in [-0.2, 0) is 13.2 Å². The normalized spacial score (nSPS) is 12.2. The molecule has 2 rings (SSSR count). The molecule has 0 aliphatic carbocycles. The fourth-order valence-electron chi connectivity index (χ4n) is 2.03. The lowest BCUT2D eigenvalue weighted by molar-refractivity contribution is 0.301. The first kappa shape index (κ1) is 17.1. The zero-order valence-corrected chi connectivity index (χ0v) is 14.4. The highest BCUT2D eigenvalue weighted by atomic mass is 35.5. The van der Waals surface area contributed by atoms with Crippen LogP contribution in [0.5, 0.6) is 5.75 Å². The molecule has 22 heavy (non-hydrogen) atoms. The van der Waals surface area contributed by atoms with E-state index in [2.05, 4.69) is 19.2 Å². The molecule has 1 N–H and O–H groups in total. The van der Waals surface area contributed by atoms with Crippen molar-refractivity contribution in [3.05, 3.63) is 63.6 Å². The maximum Gasteiger partial charge on any atom is 0.124 e. The second-order valence-electron chi connectivity index (χ2n) is 5.32. The van der Waals surface area contributed by atoms with Crippen LogP contribution in [0.25, 0.3) is 0 Å². The summed E-state index contributed by atoms with van der Waals surface area (Å²) in [6.07, 6.45) is 1.08. The molecule has 0 aliphatic rings. The quantitative estimate of drug-likeness (QED) is 0.724. The van der Waals surface area contributed by atoms with Crippen molar-refractivity contribution in [2.24, 2.45) is 0 Å². The Morgan fingerprint density at radius 2 is 1.86 bits per heavy atom. The lowest BCUT2D eigenvalue weighted by atomic mass is 10.1. The van der Waals surface area contributed by atoms with Crippen LogP contribution in [0.1, 0.15) is 31.4 Å². The Bertz CT molecular complexity index is 616. The van der Waals surface area contributed by atoms with Gasteiger partial charge in [-0.15, -0.1) is 0 Å². The highest BCUT2D eigenvalue weighted by Gasteiger charge is 2.08. The zero-order chi connectivity index (χ0) is 15.9. The van der Waals surface area contributed by atoms with Crippen molar-refractivity contribution in [1.82, 2.24) is 5.32 Å². The van der Waals surface area contributed by atoms with Gasteiger partial charge in [-0.3, -0.25) is 0 Å². The van der Waals surface area contributed by atoms with Gasteiger partial charge in [0.15, 0.2) is 0 Å². The Kier molecular flexibility index (Phi) is 6.56. The molecule has 2 aromatic carbocycles. The fraction of sp³-hybridized carbons (Fsp3) is 0.333. The second kappa shape index (κ2) is 8.42. The molecular weight excluding hydrogens is 317 g/mol. The maximum absolute atomic E-state index is 6.16. The number of halogens is 2. The third-order valence-electron chi connectivity index (χ3n) is 3.62. The average Bonchev–Trinajstić information content (AvgIpc) is 2.53. The lowest BCUT2D eigenvalue weighted by Gasteiger charge is -2.16. The van der Waals surface area contributed by atoms with Crippen LogP contribution in [-0.4, -0.2) is 6.04 Å². The highest BCUT2D eigenvalue weighted by molar-refractivity contribution is 6.31. The first-order valence-corrected chi connectivity index (χ1v) is 8.23. The molecule has 118 valence electrons. The Morgan fingerprint density at radius 3 is 2.59 bits per heavy atom. The summed E-state index contributed by atoms with van der Waals surface area (Å²) in [5.41, 5.74) is 2.03. The van der Waals surface area contributed by atoms with Crippen LogP contribution in [0.15, 0.2) is 42.5 Å². The van der Waals surface area contributed by atoms with E-state index in [4.69, 9.17) is 27.9 Å². The Morgan fingerprint density at radius 1 is 1.09 bits per heavy atom. The molecule has 0 spiro atoms. The van der Waals surface area contributed by atoms with Crippen molar-refractivity contribution in [3.63, 3.8) is 0 Å². The SMILES string of the molecule is CC[C@H](C)NCc1cc(Cl)ccc1OCc1ccccc1Cl. The number of nitrogens with one attached hydrogen (secondary N) is 1. The molecule has 1 atom stereocenters. The lowest BCUT2D eigenvalue weighted by Crippen LogP contribution is -2.24. The minimum atomic E-state index is 0.442. The topological polar surface area (TPSA) is 21.3 Å². The van der Waals surface area contributed by atoms with Gasteiger partial charge in [0.1, 0.15) is 12.4 Å². The van der Waals surface area contributed by atoms with E-state index in [0.717, 1.165) is 34.9 Å². The van der Waals surface area contributed by atoms with Gasteiger partial charge in [-0.1, -0.05) is 48.3 Å². The van der Waals surface area contributed by atoms with Crippen molar-refractivity contribution in [2.45, 2.75) is 39.5 Å². The summed E-state index contributed by atoms with van der Waals surface area (Å²) in [6, 6.07) is 13.9. The number of ether oxygens (including phenoxy) is 1. The first-order valence-electron chi connectivity index (χ1n) is 7.48. The fourth-order valence-corrected chi connectivity index (χ4v) is 2.41. The predicted octanol–water partition coefficient (Wildman–Crippen LogP) is 5.46. The van der Waals surface area contributed by atoms with Gasteiger partial charge in [0.2, 0.25) is 0 Å². The van der Waals surface area contributed by atoms with Crippen molar-refractivity contribution in [3.8, 4) is 5.75 Å². The molecule has 0 aromatic heterocycles. The molecule has 2 nitrogen and oxygen atoms in total. The van der Waals surface area contributed by atoms with E-state index in [-0.39, 0.29) is 0 Å². The summed E-state index contributed by atoms with van der Waals surface area (Å²) >= 11 is 12.3. The minimum Gasteiger partial charge on any atom is -0.489 e. The summed E-state index contributed by atoms with van der Waals surface area (Å²) in [4.78, 5) is 0. The summed E-state index contributed by atoms with van der Waals surface area (Å²) in [5.74, 6) is 0.833. The molecule has 4 heteroatoms. The van der Waals surface area contributed by atoms with Crippen LogP contribution in [0.2, 0.25) is 10.0 Å². The molecule has 0 radical (unpaired) electrons. The first-order chi connectivity index (χ1) is 10.6. The standard InChI is InChI=1S/C18H21Cl2NO/c1-3-13(2)21-11-15-10-16(19)8-9-18(15)22-12-14-6-4-5-7-17(14)20/h4-10,13,21H,3,11-12H2,1-2H3/t13-/m0/s1. The molecule has 0 fully saturated rings. The van der Waals surface area contributed by atoms with Gasteiger partial charge in [0, 0.05) is 33.8 Å². The van der Waals surface area contributed by atoms with Gasteiger partial charge >= 0.3 is 0 Å². The molecule has 0 unspecified atom stereocenters. The van der Waals surface area contributed by atoms with Crippen LogP contribution < -0.4 is 10.1 Å².